The third-order valence-electron chi connectivity index (χ3n) is 3.09. The Labute approximate surface area is 121 Å². The third-order valence-corrected chi connectivity index (χ3v) is 3.09. The summed E-state index contributed by atoms with van der Waals surface area (Å²) < 4.78 is 4.71. The molecule has 0 spiro atoms. The molecule has 2 aromatic heterocycles. The fraction of sp³-hybridized carbons (Fsp3) is 0.0625. The highest BCUT2D eigenvalue weighted by molar-refractivity contribution is 5.94. The van der Waals surface area contributed by atoms with Crippen LogP contribution in [0.1, 0.15) is 10.4 Å². The predicted octanol–water partition coefficient (Wildman–Crippen LogP) is 3.16. The van der Waals surface area contributed by atoms with Crippen molar-refractivity contribution in [1.29, 1.82) is 0 Å². The summed E-state index contributed by atoms with van der Waals surface area (Å²) in [7, 11) is 1.35. The molecule has 5 heteroatoms. The van der Waals surface area contributed by atoms with Crippen LogP contribution in [0, 0.1) is 0 Å². The largest absolute Gasteiger partial charge is 0.465 e. The van der Waals surface area contributed by atoms with Crippen LogP contribution in [0.3, 0.4) is 0 Å². The van der Waals surface area contributed by atoms with Gasteiger partial charge in [-0.3, -0.25) is 4.98 Å². The minimum atomic E-state index is -0.389. The third kappa shape index (κ3) is 2.67. The number of ether oxygens (including phenoxy) is 1. The lowest BCUT2D eigenvalue weighted by molar-refractivity contribution is 0.0600. The summed E-state index contributed by atoms with van der Waals surface area (Å²) >= 11 is 0. The molecular formula is C16H13N3O2. The molecule has 0 aliphatic carbocycles. The normalized spacial score (nSPS) is 10.3. The van der Waals surface area contributed by atoms with Gasteiger partial charge in [-0.1, -0.05) is 6.07 Å². The van der Waals surface area contributed by atoms with E-state index < -0.39 is 0 Å². The van der Waals surface area contributed by atoms with Crippen LogP contribution in [0.25, 0.3) is 10.9 Å². The average molecular weight is 279 g/mol. The number of carbonyl (C=O) groups is 1. The van der Waals surface area contributed by atoms with Gasteiger partial charge in [0.2, 0.25) is 0 Å². The van der Waals surface area contributed by atoms with Crippen LogP contribution < -0.4 is 5.32 Å². The maximum atomic E-state index is 11.5. The van der Waals surface area contributed by atoms with Gasteiger partial charge in [0.15, 0.2) is 0 Å². The Kier molecular flexibility index (Phi) is 3.47. The quantitative estimate of drug-likeness (QED) is 0.746. The molecule has 0 fully saturated rings. The lowest BCUT2D eigenvalue weighted by Gasteiger charge is -2.09. The monoisotopic (exact) mass is 279 g/mol. The van der Waals surface area contributed by atoms with Gasteiger partial charge >= 0.3 is 5.97 Å². The van der Waals surface area contributed by atoms with Crippen molar-refractivity contribution < 1.29 is 9.53 Å². The molecule has 0 radical (unpaired) electrons. The van der Waals surface area contributed by atoms with Crippen molar-refractivity contribution in [2.24, 2.45) is 0 Å². The molecule has 0 atom stereocenters. The summed E-state index contributed by atoms with van der Waals surface area (Å²) in [5, 5.41) is 4.20. The second-order valence-corrected chi connectivity index (χ2v) is 4.42. The lowest BCUT2D eigenvalue weighted by Crippen LogP contribution is -2.03. The van der Waals surface area contributed by atoms with E-state index in [0.717, 1.165) is 16.6 Å². The van der Waals surface area contributed by atoms with Crippen molar-refractivity contribution in [2.75, 3.05) is 12.4 Å². The first-order chi connectivity index (χ1) is 10.3. The van der Waals surface area contributed by atoms with E-state index in [9.17, 15) is 4.79 Å². The number of nitrogens with zero attached hydrogens (tertiary/aromatic N) is 2. The van der Waals surface area contributed by atoms with Gasteiger partial charge < -0.3 is 10.1 Å². The first-order valence-corrected chi connectivity index (χ1v) is 6.43. The smallest absolute Gasteiger partial charge is 0.338 e. The number of fused-ring (bicyclic) bond motifs is 1. The van der Waals surface area contributed by atoms with Crippen LogP contribution in [-0.2, 0) is 4.74 Å². The summed E-state index contributed by atoms with van der Waals surface area (Å²) in [5.74, 6) is 0.189. The highest BCUT2D eigenvalue weighted by Crippen LogP contribution is 2.24. The van der Waals surface area contributed by atoms with Crippen molar-refractivity contribution in [3.8, 4) is 0 Å². The Morgan fingerprint density at radius 1 is 1.10 bits per heavy atom. The highest BCUT2D eigenvalue weighted by atomic mass is 16.5. The maximum absolute atomic E-state index is 11.5. The molecule has 3 rings (SSSR count). The molecule has 0 unspecified atom stereocenters. The van der Waals surface area contributed by atoms with Crippen LogP contribution in [0.5, 0.6) is 0 Å². The molecule has 3 aromatic rings. The molecule has 0 saturated carbocycles. The van der Waals surface area contributed by atoms with Gasteiger partial charge in [-0.15, -0.1) is 0 Å². The fourth-order valence-electron chi connectivity index (χ4n) is 2.09. The molecular weight excluding hydrogens is 266 g/mol. The Balaban J connectivity index is 1.97. The van der Waals surface area contributed by atoms with Gasteiger partial charge in [0.1, 0.15) is 5.82 Å². The summed E-state index contributed by atoms with van der Waals surface area (Å²) in [4.78, 5) is 20.1. The van der Waals surface area contributed by atoms with E-state index in [4.69, 9.17) is 4.74 Å². The SMILES string of the molecule is COC(=O)c1ccnc(Nc2cccc3ncccc23)c1. The zero-order valence-electron chi connectivity index (χ0n) is 11.4. The molecule has 0 saturated heterocycles. The molecule has 0 aliphatic rings. The lowest BCUT2D eigenvalue weighted by atomic mass is 10.2. The van der Waals surface area contributed by atoms with E-state index in [1.165, 1.54) is 7.11 Å². The summed E-state index contributed by atoms with van der Waals surface area (Å²) in [6.45, 7) is 0. The van der Waals surface area contributed by atoms with Crippen LogP contribution in [0.4, 0.5) is 11.5 Å². The minimum absolute atomic E-state index is 0.389. The predicted molar refractivity (Wildman–Crippen MR) is 80.6 cm³/mol. The van der Waals surface area contributed by atoms with E-state index in [1.807, 2.05) is 30.3 Å². The average Bonchev–Trinajstić information content (AvgIpc) is 2.55. The Hall–Kier alpha value is -2.95. The number of esters is 1. The van der Waals surface area contributed by atoms with Crippen molar-refractivity contribution in [1.82, 2.24) is 9.97 Å². The van der Waals surface area contributed by atoms with E-state index in [-0.39, 0.29) is 5.97 Å². The van der Waals surface area contributed by atoms with E-state index in [1.54, 1.807) is 24.5 Å². The van der Waals surface area contributed by atoms with Gasteiger partial charge in [-0.25, -0.2) is 9.78 Å². The number of aromatic nitrogens is 2. The molecule has 0 aliphatic heterocycles. The summed E-state index contributed by atoms with van der Waals surface area (Å²) in [6.07, 6.45) is 3.32. The summed E-state index contributed by atoms with van der Waals surface area (Å²) in [5.41, 5.74) is 2.23. The van der Waals surface area contributed by atoms with Crippen LogP contribution in [0.15, 0.2) is 54.9 Å². The van der Waals surface area contributed by atoms with E-state index in [2.05, 4.69) is 15.3 Å². The first kappa shape index (κ1) is 13.1. The molecule has 0 amide bonds. The van der Waals surface area contributed by atoms with Crippen molar-refractivity contribution in [2.45, 2.75) is 0 Å². The Morgan fingerprint density at radius 2 is 2.00 bits per heavy atom. The second-order valence-electron chi connectivity index (χ2n) is 4.42. The topological polar surface area (TPSA) is 64.1 Å². The zero-order valence-corrected chi connectivity index (χ0v) is 11.4. The van der Waals surface area contributed by atoms with Gasteiger partial charge in [0.05, 0.1) is 18.2 Å². The van der Waals surface area contributed by atoms with E-state index >= 15 is 0 Å². The van der Waals surface area contributed by atoms with Crippen LogP contribution in [0.2, 0.25) is 0 Å². The number of carbonyl (C=O) groups excluding carboxylic acids is 1. The standard InChI is InChI=1S/C16H13N3O2/c1-21-16(20)11-7-9-18-15(10-11)19-14-6-2-5-13-12(14)4-3-8-17-13/h2-10H,1H3,(H,18,19). The van der Waals surface area contributed by atoms with Gasteiger partial charge in [-0.2, -0.15) is 0 Å². The van der Waals surface area contributed by atoms with Crippen LogP contribution >= 0.6 is 0 Å². The Morgan fingerprint density at radius 3 is 2.86 bits per heavy atom. The van der Waals surface area contributed by atoms with Crippen molar-refractivity contribution in [3.63, 3.8) is 0 Å². The maximum Gasteiger partial charge on any atom is 0.338 e. The van der Waals surface area contributed by atoms with Crippen molar-refractivity contribution >= 4 is 28.4 Å². The number of benzene rings is 1. The molecule has 1 N–H and O–H groups in total. The summed E-state index contributed by atoms with van der Waals surface area (Å²) in [6, 6.07) is 12.9. The fourth-order valence-corrected chi connectivity index (χ4v) is 2.09. The second kappa shape index (κ2) is 5.58. The molecule has 1 aromatic carbocycles. The number of pyridine rings is 2. The minimum Gasteiger partial charge on any atom is -0.465 e. The molecule has 0 bridgehead atoms. The van der Waals surface area contributed by atoms with E-state index in [0.29, 0.717) is 11.4 Å². The molecule has 2 heterocycles. The van der Waals surface area contributed by atoms with Gasteiger partial charge in [0, 0.05) is 23.5 Å². The molecule has 21 heavy (non-hydrogen) atoms. The number of rotatable bonds is 3. The van der Waals surface area contributed by atoms with Gasteiger partial charge in [0.25, 0.3) is 0 Å². The number of hydrogen-bond donors (Lipinski definition) is 1. The number of nitrogens with one attached hydrogen (secondary N) is 1. The molecule has 104 valence electrons. The first-order valence-electron chi connectivity index (χ1n) is 6.43. The molecule has 5 nitrogen and oxygen atoms in total. The number of methoxy groups -OCH3 is 1. The zero-order chi connectivity index (χ0) is 14.7. The van der Waals surface area contributed by atoms with Gasteiger partial charge in [-0.05, 0) is 36.4 Å². The van der Waals surface area contributed by atoms with Crippen LogP contribution in [-0.4, -0.2) is 23.0 Å². The van der Waals surface area contributed by atoms with Crippen molar-refractivity contribution in [3.05, 3.63) is 60.4 Å². The number of anilines is 2. The Bertz CT molecular complexity index is 797. The number of hydrogen-bond acceptors (Lipinski definition) is 5. The highest BCUT2D eigenvalue weighted by Gasteiger charge is 2.07.